The molecule has 1 atom stereocenters. The van der Waals surface area contributed by atoms with Crippen LogP contribution in [0.15, 0.2) is 59.8 Å². The van der Waals surface area contributed by atoms with Gasteiger partial charge in [-0.2, -0.15) is 10.1 Å². The van der Waals surface area contributed by atoms with E-state index < -0.39 is 6.04 Å². The lowest BCUT2D eigenvalue weighted by Crippen LogP contribution is -2.31. The van der Waals surface area contributed by atoms with E-state index in [0.717, 1.165) is 16.8 Å². The van der Waals surface area contributed by atoms with Crippen molar-refractivity contribution in [1.29, 1.82) is 0 Å². The van der Waals surface area contributed by atoms with Crippen molar-refractivity contribution >= 4 is 17.5 Å². The highest BCUT2D eigenvalue weighted by Crippen LogP contribution is 2.36. The number of anilines is 2. The van der Waals surface area contributed by atoms with Crippen LogP contribution in [0.1, 0.15) is 36.3 Å². The third-order valence-electron chi connectivity index (χ3n) is 5.30. The molecule has 0 saturated heterocycles. The Hall–Kier alpha value is -3.65. The van der Waals surface area contributed by atoms with Crippen LogP contribution in [0.3, 0.4) is 0 Å². The Morgan fingerprint density at radius 3 is 2.61 bits per heavy atom. The van der Waals surface area contributed by atoms with Gasteiger partial charge in [0, 0.05) is 24.4 Å². The molecule has 2 aromatic carbocycles. The average molecular weight is 419 g/mol. The second kappa shape index (κ2) is 8.61. The molecule has 160 valence electrons. The molecule has 31 heavy (non-hydrogen) atoms. The predicted molar refractivity (Wildman–Crippen MR) is 118 cm³/mol. The van der Waals surface area contributed by atoms with Gasteiger partial charge >= 0.3 is 0 Å². The number of carbonyl (C=O) groups excluding carboxylic acids is 1. The molecule has 8 heteroatoms. The lowest BCUT2D eigenvalue weighted by molar-refractivity contribution is -0.113. The van der Waals surface area contributed by atoms with Gasteiger partial charge in [0.25, 0.3) is 5.91 Å². The first-order chi connectivity index (χ1) is 15.0. The Balaban J connectivity index is 1.76. The molecule has 2 heterocycles. The fourth-order valence-electron chi connectivity index (χ4n) is 3.70. The Morgan fingerprint density at radius 1 is 1.16 bits per heavy atom. The maximum atomic E-state index is 13.4. The van der Waals surface area contributed by atoms with Crippen molar-refractivity contribution in [3.8, 4) is 5.75 Å². The summed E-state index contributed by atoms with van der Waals surface area (Å²) in [6, 6.07) is 13.8. The summed E-state index contributed by atoms with van der Waals surface area (Å²) in [5.41, 5.74) is 3.70. The molecule has 3 aromatic rings. The lowest BCUT2D eigenvalue weighted by Gasteiger charge is -2.29. The van der Waals surface area contributed by atoms with Gasteiger partial charge in [-0.1, -0.05) is 30.3 Å². The maximum absolute atomic E-state index is 13.4. The van der Waals surface area contributed by atoms with Crippen molar-refractivity contribution < 1.29 is 15.0 Å². The zero-order chi connectivity index (χ0) is 22.0. The van der Waals surface area contributed by atoms with E-state index in [0.29, 0.717) is 35.9 Å². The molecule has 4 rings (SSSR count). The van der Waals surface area contributed by atoms with Crippen LogP contribution in [-0.4, -0.2) is 37.5 Å². The highest BCUT2D eigenvalue weighted by molar-refractivity contribution is 6.06. The molecule has 0 bridgehead atoms. The average Bonchev–Trinajstić information content (AvgIpc) is 3.15. The van der Waals surface area contributed by atoms with E-state index in [1.807, 2.05) is 38.1 Å². The van der Waals surface area contributed by atoms with Crippen LogP contribution in [0.4, 0.5) is 11.6 Å². The van der Waals surface area contributed by atoms with Gasteiger partial charge in [0.1, 0.15) is 11.8 Å². The number of aliphatic hydroxyl groups excluding tert-OH is 1. The number of phenols is 1. The molecule has 1 aliphatic rings. The third kappa shape index (κ3) is 4.15. The molecule has 1 aromatic heterocycles. The number of nitrogens with zero attached hydrogens (tertiary/aromatic N) is 3. The van der Waals surface area contributed by atoms with Crippen LogP contribution in [0.2, 0.25) is 0 Å². The minimum atomic E-state index is -0.517. The van der Waals surface area contributed by atoms with Gasteiger partial charge in [-0.3, -0.25) is 4.79 Å². The number of allylic oxidation sites excluding steroid dienone is 1. The number of hydrogen-bond acceptors (Lipinski definition) is 6. The van der Waals surface area contributed by atoms with E-state index in [1.54, 1.807) is 28.9 Å². The third-order valence-corrected chi connectivity index (χ3v) is 5.30. The van der Waals surface area contributed by atoms with Crippen molar-refractivity contribution in [2.24, 2.45) is 0 Å². The molecule has 0 unspecified atom stereocenters. The predicted octanol–water partition coefficient (Wildman–Crippen LogP) is 3.14. The van der Waals surface area contributed by atoms with Crippen molar-refractivity contribution in [2.45, 2.75) is 32.7 Å². The van der Waals surface area contributed by atoms with Crippen LogP contribution in [-0.2, 0) is 11.2 Å². The fraction of sp³-hybridized carbons (Fsp3) is 0.261. The zero-order valence-corrected chi connectivity index (χ0v) is 17.5. The normalized spacial score (nSPS) is 15.4. The second-order valence-electron chi connectivity index (χ2n) is 7.55. The smallest absolute Gasteiger partial charge is 0.255 e. The molecule has 4 N–H and O–H groups in total. The van der Waals surface area contributed by atoms with Gasteiger partial charge in [-0.05, 0) is 49.6 Å². The molecule has 1 amide bonds. The molecular formula is C23H25N5O3. The van der Waals surface area contributed by atoms with Gasteiger partial charge in [0.05, 0.1) is 5.57 Å². The zero-order valence-electron chi connectivity index (χ0n) is 17.5. The summed E-state index contributed by atoms with van der Waals surface area (Å²) in [5.74, 6) is 1.03. The number of hydrogen-bond donors (Lipinski definition) is 4. The Kier molecular flexibility index (Phi) is 5.73. The molecule has 0 saturated carbocycles. The van der Waals surface area contributed by atoms with Crippen LogP contribution < -0.4 is 10.6 Å². The molecule has 0 radical (unpaired) electrons. The fourth-order valence-corrected chi connectivity index (χ4v) is 3.70. The largest absolute Gasteiger partial charge is 0.508 e. The van der Waals surface area contributed by atoms with Crippen LogP contribution >= 0.6 is 0 Å². The molecule has 0 fully saturated rings. The van der Waals surface area contributed by atoms with E-state index in [1.165, 1.54) is 0 Å². The van der Waals surface area contributed by atoms with E-state index >= 15 is 0 Å². The summed E-state index contributed by atoms with van der Waals surface area (Å²) >= 11 is 0. The van der Waals surface area contributed by atoms with Crippen molar-refractivity contribution in [3.63, 3.8) is 0 Å². The number of aromatic nitrogens is 3. The SMILES string of the molecule is CC1=C(C(=O)Nc2ccccc2C)[C@@H](c2ccc(O)cc2)n2nc(CCCO)nc2N1. The standard InChI is InChI=1S/C23H25N5O3/c1-14-6-3-4-7-18(14)25-22(31)20-15(2)24-23-26-19(8-5-13-29)27-28(23)21(20)16-9-11-17(30)12-10-16/h3-4,6-7,9-12,21,29-30H,5,8,13H2,1-2H3,(H,25,31)(H,24,26,27)/t21-/m1/s1. The van der Waals surface area contributed by atoms with Crippen molar-refractivity contribution in [1.82, 2.24) is 14.8 Å². The topological polar surface area (TPSA) is 112 Å². The number of aliphatic hydroxyl groups is 1. The first-order valence-electron chi connectivity index (χ1n) is 10.2. The van der Waals surface area contributed by atoms with Crippen LogP contribution in [0, 0.1) is 6.92 Å². The summed E-state index contributed by atoms with van der Waals surface area (Å²) < 4.78 is 1.69. The molecule has 8 nitrogen and oxygen atoms in total. The van der Waals surface area contributed by atoms with Gasteiger partial charge in [0.15, 0.2) is 5.82 Å². The number of fused-ring (bicyclic) bond motifs is 1. The summed E-state index contributed by atoms with van der Waals surface area (Å²) in [6.45, 7) is 3.84. The van der Waals surface area contributed by atoms with Crippen molar-refractivity contribution in [3.05, 3.63) is 76.8 Å². The number of aryl methyl sites for hydroxylation is 2. The van der Waals surface area contributed by atoms with E-state index in [-0.39, 0.29) is 18.3 Å². The first kappa shape index (κ1) is 20.6. The molecule has 0 aliphatic carbocycles. The monoisotopic (exact) mass is 419 g/mol. The van der Waals surface area contributed by atoms with Crippen LogP contribution in [0.25, 0.3) is 0 Å². The number of phenolic OH excluding ortho intramolecular Hbond substituents is 1. The highest BCUT2D eigenvalue weighted by atomic mass is 16.3. The number of amides is 1. The summed E-state index contributed by atoms with van der Waals surface area (Å²) in [5, 5.41) is 29.7. The minimum absolute atomic E-state index is 0.0556. The second-order valence-corrected chi connectivity index (χ2v) is 7.55. The molecular weight excluding hydrogens is 394 g/mol. The number of carbonyl (C=O) groups is 1. The minimum Gasteiger partial charge on any atom is -0.508 e. The van der Waals surface area contributed by atoms with Gasteiger partial charge in [-0.15, -0.1) is 0 Å². The van der Waals surface area contributed by atoms with Gasteiger partial charge in [-0.25, -0.2) is 4.68 Å². The summed E-state index contributed by atoms with van der Waals surface area (Å²) in [7, 11) is 0. The number of para-hydroxylation sites is 1. The Morgan fingerprint density at radius 2 is 1.90 bits per heavy atom. The Labute approximate surface area is 180 Å². The Bertz CT molecular complexity index is 1130. The number of nitrogens with one attached hydrogen (secondary N) is 2. The highest BCUT2D eigenvalue weighted by Gasteiger charge is 2.34. The molecule has 1 aliphatic heterocycles. The first-order valence-corrected chi connectivity index (χ1v) is 10.2. The van der Waals surface area contributed by atoms with Crippen LogP contribution in [0.5, 0.6) is 5.75 Å². The maximum Gasteiger partial charge on any atom is 0.255 e. The van der Waals surface area contributed by atoms with Crippen molar-refractivity contribution in [2.75, 3.05) is 17.2 Å². The number of benzene rings is 2. The van der Waals surface area contributed by atoms with Gasteiger partial charge in [0.2, 0.25) is 5.95 Å². The summed E-state index contributed by atoms with van der Waals surface area (Å²) in [4.78, 5) is 18.0. The van der Waals surface area contributed by atoms with E-state index in [4.69, 9.17) is 5.11 Å². The van der Waals surface area contributed by atoms with E-state index in [2.05, 4.69) is 20.7 Å². The molecule has 0 spiro atoms. The summed E-state index contributed by atoms with van der Waals surface area (Å²) in [6.07, 6.45) is 1.09. The number of rotatable bonds is 6. The number of aromatic hydroxyl groups is 1. The van der Waals surface area contributed by atoms with Gasteiger partial charge < -0.3 is 20.8 Å². The lowest BCUT2D eigenvalue weighted by atomic mass is 9.95. The quantitative estimate of drug-likeness (QED) is 0.488. The van der Waals surface area contributed by atoms with E-state index in [9.17, 15) is 9.90 Å².